The van der Waals surface area contributed by atoms with Crippen LogP contribution in [0.1, 0.15) is 22.8 Å². The molecule has 1 amide bonds. The molecule has 1 rings (SSSR count). The molecule has 0 fully saturated rings. The first-order valence-electron chi connectivity index (χ1n) is 4.73. The molecule has 0 bridgehead atoms. The van der Waals surface area contributed by atoms with Crippen LogP contribution in [0.25, 0.3) is 0 Å². The van der Waals surface area contributed by atoms with Gasteiger partial charge in [-0.15, -0.1) is 12.4 Å². The van der Waals surface area contributed by atoms with E-state index in [2.05, 4.69) is 5.48 Å². The lowest BCUT2D eigenvalue weighted by Gasteiger charge is -2.04. The zero-order valence-corrected chi connectivity index (χ0v) is 10.2. The van der Waals surface area contributed by atoms with Gasteiger partial charge in [0, 0.05) is 17.2 Å². The fraction of sp³-hybridized carbons (Fsp3) is 0.300. The topological polar surface area (TPSA) is 81.5 Å². The Hall–Kier alpha value is -1.66. The lowest BCUT2D eigenvalue weighted by atomic mass is 10.1. The van der Waals surface area contributed by atoms with Gasteiger partial charge in [-0.25, -0.2) is 5.48 Å². The van der Waals surface area contributed by atoms with E-state index in [1.165, 1.54) is 18.2 Å². The molecule has 1 aromatic rings. The smallest absolute Gasteiger partial charge is 0.274 e. The molecule has 1 aromatic carbocycles. The molecule has 17 heavy (non-hydrogen) atoms. The van der Waals surface area contributed by atoms with Gasteiger partial charge in [0.2, 0.25) is 0 Å². The van der Waals surface area contributed by atoms with Gasteiger partial charge < -0.3 is 0 Å². The minimum Gasteiger partial charge on any atom is -0.274 e. The Bertz CT molecular complexity index is 423. The number of hydroxylamine groups is 1. The van der Waals surface area contributed by atoms with Crippen LogP contribution in [0.4, 0.5) is 5.69 Å². The Balaban J connectivity index is 0.00000256. The van der Waals surface area contributed by atoms with Gasteiger partial charge in [-0.3, -0.25) is 19.7 Å². The van der Waals surface area contributed by atoms with Crippen molar-refractivity contribution in [1.82, 2.24) is 5.48 Å². The van der Waals surface area contributed by atoms with Gasteiger partial charge in [0.1, 0.15) is 0 Å². The molecule has 0 spiro atoms. The Morgan fingerprint density at radius 2 is 2.18 bits per heavy atom. The summed E-state index contributed by atoms with van der Waals surface area (Å²) < 4.78 is 0. The SMILES string of the molecule is CCONC(=O)c1ccc(C)c([N+](=O)[O-])c1.Cl. The van der Waals surface area contributed by atoms with Crippen LogP contribution in [-0.4, -0.2) is 17.4 Å². The fourth-order valence-corrected chi connectivity index (χ4v) is 1.14. The quantitative estimate of drug-likeness (QED) is 0.663. The van der Waals surface area contributed by atoms with Crippen molar-refractivity contribution in [1.29, 1.82) is 0 Å². The Morgan fingerprint density at radius 3 is 2.71 bits per heavy atom. The molecule has 0 aliphatic heterocycles. The van der Waals surface area contributed by atoms with Gasteiger partial charge in [-0.1, -0.05) is 6.07 Å². The number of nitro benzene ring substituents is 1. The first-order valence-corrected chi connectivity index (χ1v) is 4.73. The maximum Gasteiger partial charge on any atom is 0.275 e. The molecule has 0 aromatic heterocycles. The van der Waals surface area contributed by atoms with E-state index in [0.29, 0.717) is 12.2 Å². The molecule has 0 aliphatic carbocycles. The highest BCUT2D eigenvalue weighted by Crippen LogP contribution is 2.19. The van der Waals surface area contributed by atoms with Crippen LogP contribution in [0, 0.1) is 17.0 Å². The van der Waals surface area contributed by atoms with E-state index in [-0.39, 0.29) is 23.7 Å². The number of aryl methyl sites for hydroxylation is 1. The third-order valence-electron chi connectivity index (χ3n) is 1.98. The average molecular weight is 261 g/mol. The zero-order valence-electron chi connectivity index (χ0n) is 9.43. The van der Waals surface area contributed by atoms with Gasteiger partial charge >= 0.3 is 0 Å². The van der Waals surface area contributed by atoms with E-state index in [9.17, 15) is 14.9 Å². The van der Waals surface area contributed by atoms with Crippen molar-refractivity contribution >= 4 is 24.0 Å². The third kappa shape index (κ3) is 4.01. The lowest BCUT2D eigenvalue weighted by Crippen LogP contribution is -2.23. The molecule has 1 N–H and O–H groups in total. The van der Waals surface area contributed by atoms with Gasteiger partial charge in [0.15, 0.2) is 0 Å². The van der Waals surface area contributed by atoms with Crippen molar-refractivity contribution in [3.8, 4) is 0 Å². The van der Waals surface area contributed by atoms with Crippen molar-refractivity contribution in [3.63, 3.8) is 0 Å². The van der Waals surface area contributed by atoms with Crippen LogP contribution in [0.3, 0.4) is 0 Å². The third-order valence-corrected chi connectivity index (χ3v) is 1.98. The second-order valence-corrected chi connectivity index (χ2v) is 3.12. The Labute approximate surface area is 104 Å². The summed E-state index contributed by atoms with van der Waals surface area (Å²) in [7, 11) is 0. The molecule has 6 nitrogen and oxygen atoms in total. The molecule has 0 unspecified atom stereocenters. The van der Waals surface area contributed by atoms with Gasteiger partial charge in [0.05, 0.1) is 11.5 Å². The van der Waals surface area contributed by atoms with Gasteiger partial charge in [0.25, 0.3) is 11.6 Å². The van der Waals surface area contributed by atoms with E-state index in [0.717, 1.165) is 0 Å². The average Bonchev–Trinajstić information content (AvgIpc) is 2.26. The van der Waals surface area contributed by atoms with Crippen LogP contribution in [0.2, 0.25) is 0 Å². The number of carbonyl (C=O) groups is 1. The number of carbonyl (C=O) groups excluding carboxylic acids is 1. The second kappa shape index (κ2) is 6.82. The molecule has 0 heterocycles. The van der Waals surface area contributed by atoms with Crippen molar-refractivity contribution < 1.29 is 14.6 Å². The van der Waals surface area contributed by atoms with E-state index in [4.69, 9.17) is 4.84 Å². The molecule has 7 heteroatoms. The number of benzene rings is 1. The van der Waals surface area contributed by atoms with E-state index in [1.807, 2.05) is 0 Å². The monoisotopic (exact) mass is 260 g/mol. The molecule has 94 valence electrons. The maximum atomic E-state index is 11.4. The highest BCUT2D eigenvalue weighted by molar-refractivity contribution is 5.94. The standard InChI is InChI=1S/C10H12N2O4.ClH/c1-3-16-11-10(13)8-5-4-7(2)9(6-8)12(14)15;/h4-6H,3H2,1-2H3,(H,11,13);1H. The normalized spacial score (nSPS) is 9.29. The molecule has 0 radical (unpaired) electrons. The van der Waals surface area contributed by atoms with Crippen molar-refractivity contribution in [3.05, 3.63) is 39.4 Å². The van der Waals surface area contributed by atoms with Crippen molar-refractivity contribution in [2.24, 2.45) is 0 Å². The number of nitro groups is 1. The van der Waals surface area contributed by atoms with E-state index >= 15 is 0 Å². The summed E-state index contributed by atoms with van der Waals surface area (Å²) in [5.41, 5.74) is 2.80. The summed E-state index contributed by atoms with van der Waals surface area (Å²) in [6, 6.07) is 4.26. The summed E-state index contributed by atoms with van der Waals surface area (Å²) in [4.78, 5) is 26.3. The van der Waals surface area contributed by atoms with Crippen molar-refractivity contribution in [2.45, 2.75) is 13.8 Å². The molecule has 0 saturated heterocycles. The van der Waals surface area contributed by atoms with Crippen LogP contribution in [0.15, 0.2) is 18.2 Å². The highest BCUT2D eigenvalue weighted by atomic mass is 35.5. The van der Waals surface area contributed by atoms with Crippen LogP contribution >= 0.6 is 12.4 Å². The maximum absolute atomic E-state index is 11.4. The van der Waals surface area contributed by atoms with Crippen molar-refractivity contribution in [2.75, 3.05) is 6.61 Å². The summed E-state index contributed by atoms with van der Waals surface area (Å²) in [5.74, 6) is -0.495. The van der Waals surface area contributed by atoms with Crippen LogP contribution in [-0.2, 0) is 4.84 Å². The molecular formula is C10H13ClN2O4. The molecule has 0 aliphatic rings. The summed E-state index contributed by atoms with van der Waals surface area (Å²) >= 11 is 0. The number of nitrogens with one attached hydrogen (secondary N) is 1. The molecular weight excluding hydrogens is 248 g/mol. The first-order chi connectivity index (χ1) is 7.56. The highest BCUT2D eigenvalue weighted by Gasteiger charge is 2.14. The van der Waals surface area contributed by atoms with Crippen LogP contribution < -0.4 is 5.48 Å². The minimum absolute atomic E-state index is 0. The minimum atomic E-state index is -0.521. The predicted octanol–water partition coefficient (Wildman–Crippen LogP) is 2.01. The molecule has 0 atom stereocenters. The number of amides is 1. The summed E-state index contributed by atoms with van der Waals surface area (Å²) in [6.07, 6.45) is 0. The Kier molecular flexibility index (Phi) is 6.16. The van der Waals surface area contributed by atoms with E-state index < -0.39 is 10.8 Å². The molecule has 0 saturated carbocycles. The largest absolute Gasteiger partial charge is 0.275 e. The number of halogens is 1. The number of hydrogen-bond donors (Lipinski definition) is 1. The lowest BCUT2D eigenvalue weighted by molar-refractivity contribution is -0.385. The second-order valence-electron chi connectivity index (χ2n) is 3.12. The van der Waals surface area contributed by atoms with Gasteiger partial charge in [-0.2, -0.15) is 0 Å². The zero-order chi connectivity index (χ0) is 12.1. The first kappa shape index (κ1) is 15.3. The summed E-state index contributed by atoms with van der Waals surface area (Å²) in [5, 5.41) is 10.7. The Morgan fingerprint density at radius 1 is 1.53 bits per heavy atom. The van der Waals surface area contributed by atoms with E-state index in [1.54, 1.807) is 13.8 Å². The fourth-order valence-electron chi connectivity index (χ4n) is 1.14. The summed E-state index contributed by atoms with van der Waals surface area (Å²) in [6.45, 7) is 3.67. The van der Waals surface area contributed by atoms with Crippen LogP contribution in [0.5, 0.6) is 0 Å². The number of rotatable bonds is 4. The van der Waals surface area contributed by atoms with Gasteiger partial charge in [-0.05, 0) is 19.9 Å². The predicted molar refractivity (Wildman–Crippen MR) is 64.2 cm³/mol. The number of hydrogen-bond acceptors (Lipinski definition) is 4. The number of nitrogens with zero attached hydrogens (tertiary/aromatic N) is 1.